The van der Waals surface area contributed by atoms with Crippen LogP contribution in [0.25, 0.3) is 22.8 Å². The maximum atomic E-state index is 12.4. The summed E-state index contributed by atoms with van der Waals surface area (Å²) in [5.41, 5.74) is 10.7. The molecule has 0 bridgehead atoms. The number of methoxy groups -OCH3 is 2. The Balaban J connectivity index is 0.000000231. The summed E-state index contributed by atoms with van der Waals surface area (Å²) in [6.45, 7) is 18.8. The average Bonchev–Trinajstić information content (AvgIpc) is 3.56. The quantitative estimate of drug-likeness (QED) is 0.149. The lowest BCUT2D eigenvalue weighted by Gasteiger charge is -2.26. The molecule has 0 aliphatic carbocycles. The molecule has 0 unspecified atom stereocenters. The monoisotopic (exact) mass is 729 g/mol. The van der Waals surface area contributed by atoms with Gasteiger partial charge in [0.25, 0.3) is 0 Å². The maximum Gasteiger partial charge on any atom is 0.410 e. The van der Waals surface area contributed by atoms with Gasteiger partial charge in [0.15, 0.2) is 0 Å². The Labute approximate surface area is 314 Å². The first-order valence-electron chi connectivity index (χ1n) is 18.8. The molecule has 0 fully saturated rings. The van der Waals surface area contributed by atoms with Crippen molar-refractivity contribution in [2.24, 2.45) is 0 Å². The Kier molecular flexibility index (Phi) is 13.1. The van der Waals surface area contributed by atoms with E-state index in [1.807, 2.05) is 72.7 Å². The second-order valence-electron chi connectivity index (χ2n) is 14.2. The first-order valence-corrected chi connectivity index (χ1v) is 18.1. The number of nitrogens with zero attached hydrogens (tertiary/aromatic N) is 3. The number of hydrogen-bond acceptors (Lipinski definition) is 9. The molecule has 3 N–H and O–H groups in total. The van der Waals surface area contributed by atoms with Crippen LogP contribution in [0.15, 0.2) is 24.3 Å². The molecule has 0 radical (unpaired) electrons. The molecule has 12 nitrogen and oxygen atoms in total. The van der Waals surface area contributed by atoms with E-state index in [1.54, 1.807) is 11.8 Å². The van der Waals surface area contributed by atoms with E-state index >= 15 is 0 Å². The fourth-order valence-electron chi connectivity index (χ4n) is 6.50. The lowest BCUT2D eigenvalue weighted by atomic mass is 9.99. The SMILES string of the molecule is COC(=O)c1cc(-c2nc3c([nH]2)CCN(C(=O)OC(C)(C)C)CC3)c(C)cc1C.COC(=O)c1cc(-c2nc3c([nH]2)CCNCC3)c(C)cc1C.[2H]CC. The van der Waals surface area contributed by atoms with Gasteiger partial charge < -0.3 is 34.4 Å². The average molecular weight is 730 g/mol. The van der Waals surface area contributed by atoms with E-state index in [9.17, 15) is 14.4 Å². The van der Waals surface area contributed by atoms with Crippen LogP contribution < -0.4 is 5.32 Å². The Hall–Kier alpha value is -4.97. The highest BCUT2D eigenvalue weighted by Gasteiger charge is 2.26. The largest absolute Gasteiger partial charge is 0.465 e. The van der Waals surface area contributed by atoms with Gasteiger partial charge in [-0.15, -0.1) is 0 Å². The number of carbonyl (C=O) groups is 3. The Morgan fingerprint density at radius 3 is 1.66 bits per heavy atom. The van der Waals surface area contributed by atoms with Gasteiger partial charge in [-0.3, -0.25) is 0 Å². The predicted octanol–water partition coefficient (Wildman–Crippen LogP) is 7.01. The third-order valence-electron chi connectivity index (χ3n) is 9.18. The number of benzene rings is 2. The highest BCUT2D eigenvalue weighted by molar-refractivity contribution is 5.93. The minimum Gasteiger partial charge on any atom is -0.465 e. The zero-order valence-corrected chi connectivity index (χ0v) is 33.0. The molecule has 2 aliphatic rings. The summed E-state index contributed by atoms with van der Waals surface area (Å²) >= 11 is 0. The molecular weight excluding hydrogens is 672 g/mol. The van der Waals surface area contributed by atoms with Crippen LogP contribution in [0, 0.1) is 27.7 Å². The summed E-state index contributed by atoms with van der Waals surface area (Å²) in [4.78, 5) is 54.4. The van der Waals surface area contributed by atoms with Crippen LogP contribution in [0.1, 0.15) is 102 Å². The third kappa shape index (κ3) is 9.92. The number of aryl methyl sites for hydroxylation is 4. The van der Waals surface area contributed by atoms with E-state index in [-0.39, 0.29) is 18.0 Å². The number of aromatic nitrogens is 4. The van der Waals surface area contributed by atoms with Crippen LogP contribution in [0.3, 0.4) is 0 Å². The van der Waals surface area contributed by atoms with E-state index in [2.05, 4.69) is 15.3 Å². The fraction of sp³-hybridized carbons (Fsp3) is 0.488. The van der Waals surface area contributed by atoms with Crippen molar-refractivity contribution in [3.05, 3.63) is 80.4 Å². The van der Waals surface area contributed by atoms with E-state index < -0.39 is 5.60 Å². The molecule has 286 valence electrons. The van der Waals surface area contributed by atoms with Gasteiger partial charge in [-0.05, 0) is 82.9 Å². The van der Waals surface area contributed by atoms with Crippen molar-refractivity contribution in [3.63, 3.8) is 0 Å². The lowest BCUT2D eigenvalue weighted by molar-refractivity contribution is 0.0257. The topological polar surface area (TPSA) is 152 Å². The van der Waals surface area contributed by atoms with Crippen molar-refractivity contribution >= 4 is 18.0 Å². The molecule has 53 heavy (non-hydrogen) atoms. The number of amides is 1. The molecule has 4 heterocycles. The molecule has 0 saturated heterocycles. The first kappa shape index (κ1) is 39.2. The van der Waals surface area contributed by atoms with Gasteiger partial charge in [-0.25, -0.2) is 24.4 Å². The van der Waals surface area contributed by atoms with E-state index in [4.69, 9.17) is 25.5 Å². The number of fused-ring (bicyclic) bond motifs is 2. The fourth-order valence-corrected chi connectivity index (χ4v) is 6.50. The van der Waals surface area contributed by atoms with Crippen molar-refractivity contribution in [2.45, 2.75) is 93.6 Å². The van der Waals surface area contributed by atoms with Crippen molar-refractivity contribution in [2.75, 3.05) is 40.4 Å². The predicted molar refractivity (Wildman–Crippen MR) is 207 cm³/mol. The summed E-state index contributed by atoms with van der Waals surface area (Å²) in [5.74, 6) is 0.916. The van der Waals surface area contributed by atoms with Gasteiger partial charge in [0.1, 0.15) is 17.2 Å². The number of hydrogen-bond donors (Lipinski definition) is 3. The second-order valence-corrected chi connectivity index (χ2v) is 14.2. The summed E-state index contributed by atoms with van der Waals surface area (Å²) in [7, 11) is 2.79. The molecule has 0 atom stereocenters. The van der Waals surface area contributed by atoms with Crippen LogP contribution in [-0.2, 0) is 39.9 Å². The third-order valence-corrected chi connectivity index (χ3v) is 9.18. The zero-order valence-electron chi connectivity index (χ0n) is 34.0. The maximum absolute atomic E-state index is 12.4. The van der Waals surface area contributed by atoms with Crippen molar-refractivity contribution < 1.29 is 30.0 Å². The van der Waals surface area contributed by atoms with Crippen LogP contribution >= 0.6 is 0 Å². The number of imidazole rings is 2. The Bertz CT molecular complexity index is 1910. The Morgan fingerprint density at radius 2 is 1.17 bits per heavy atom. The normalized spacial score (nSPS) is 14.1. The number of nitrogens with one attached hydrogen (secondary N) is 3. The summed E-state index contributed by atoms with van der Waals surface area (Å²) in [6.07, 6.45) is 2.92. The van der Waals surface area contributed by atoms with Gasteiger partial charge in [-0.1, -0.05) is 26.0 Å². The van der Waals surface area contributed by atoms with Crippen molar-refractivity contribution in [1.29, 1.82) is 0 Å². The number of esters is 2. The molecule has 2 aromatic carbocycles. The van der Waals surface area contributed by atoms with E-state index in [1.165, 1.54) is 19.9 Å². The summed E-state index contributed by atoms with van der Waals surface area (Å²) < 4.78 is 21.5. The molecule has 2 aromatic heterocycles. The van der Waals surface area contributed by atoms with Crippen LogP contribution in [-0.4, -0.2) is 88.9 Å². The van der Waals surface area contributed by atoms with E-state index in [0.717, 1.165) is 88.0 Å². The van der Waals surface area contributed by atoms with Crippen LogP contribution in [0.4, 0.5) is 4.79 Å². The van der Waals surface area contributed by atoms with Gasteiger partial charge in [0, 0.05) is 75.7 Å². The van der Waals surface area contributed by atoms with Crippen molar-refractivity contribution in [1.82, 2.24) is 30.2 Å². The first-order chi connectivity index (χ1) is 25.6. The smallest absolute Gasteiger partial charge is 0.410 e. The molecule has 0 saturated carbocycles. The minimum absolute atomic E-state index is 0.292. The molecule has 2 aliphatic heterocycles. The van der Waals surface area contributed by atoms with Gasteiger partial charge >= 0.3 is 18.0 Å². The number of H-pyrrole nitrogens is 2. The summed E-state index contributed by atoms with van der Waals surface area (Å²) in [5, 5.41) is 3.37. The molecule has 1 amide bonds. The number of ether oxygens (including phenoxy) is 3. The highest BCUT2D eigenvalue weighted by atomic mass is 16.6. The second kappa shape index (κ2) is 17.7. The lowest BCUT2D eigenvalue weighted by Crippen LogP contribution is -2.38. The molecule has 12 heteroatoms. The molecule has 0 spiro atoms. The summed E-state index contributed by atoms with van der Waals surface area (Å²) in [6, 6.07) is 7.70. The van der Waals surface area contributed by atoms with Gasteiger partial charge in [0.2, 0.25) is 0 Å². The number of carbonyl (C=O) groups excluding carboxylic acids is 3. The van der Waals surface area contributed by atoms with Crippen LogP contribution in [0.5, 0.6) is 0 Å². The van der Waals surface area contributed by atoms with Crippen LogP contribution in [0.2, 0.25) is 0 Å². The number of rotatable bonds is 4. The highest BCUT2D eigenvalue weighted by Crippen LogP contribution is 2.29. The molecule has 6 rings (SSSR count). The molecular formula is C41H56N6O6. The molecule has 4 aromatic rings. The number of aromatic amines is 2. The van der Waals surface area contributed by atoms with Gasteiger partial charge in [-0.2, -0.15) is 0 Å². The zero-order chi connectivity index (χ0) is 39.7. The minimum atomic E-state index is -0.510. The van der Waals surface area contributed by atoms with E-state index in [0.29, 0.717) is 44.0 Å². The standard InChI is InChI=1S/C22H29N3O4.C17H21N3O2.C2H6/c1-13-11-14(2)16(20(26)28-6)12-15(13)19-23-17-7-9-25(10-8-18(17)24-19)21(27)29-22(3,4)5;1-10-8-11(2)13(17(21)22-3)9-12(10)16-19-14-4-6-18-7-5-15(14)20-16;1-2/h11-12H,7-10H2,1-6H3,(H,23,24);8-9,18H,4-7H2,1-3H3,(H,19,20);1-2H3/i;;1D. The van der Waals surface area contributed by atoms with Gasteiger partial charge in [0.05, 0.1) is 36.7 Å². The Morgan fingerprint density at radius 1 is 0.717 bits per heavy atom. The van der Waals surface area contributed by atoms with Crippen molar-refractivity contribution in [3.8, 4) is 22.8 Å².